The molecule has 0 aliphatic heterocycles. The van der Waals surface area contributed by atoms with Crippen molar-refractivity contribution < 1.29 is 0 Å². The van der Waals surface area contributed by atoms with E-state index in [9.17, 15) is 0 Å². The highest BCUT2D eigenvalue weighted by Crippen LogP contribution is 2.41. The molecule has 0 radical (unpaired) electrons. The van der Waals surface area contributed by atoms with Gasteiger partial charge in [0.15, 0.2) is 4.34 Å². The number of nitrogens with two attached hydrogens (primary N) is 1. The van der Waals surface area contributed by atoms with Gasteiger partial charge in [0.1, 0.15) is 5.01 Å². The molecule has 2 rings (SSSR count). The summed E-state index contributed by atoms with van der Waals surface area (Å²) in [5, 5.41) is 9.53. The van der Waals surface area contributed by atoms with Gasteiger partial charge in [-0.3, -0.25) is 0 Å². The molecule has 2 aromatic rings. The molecule has 0 saturated heterocycles. The van der Waals surface area contributed by atoms with Crippen molar-refractivity contribution >= 4 is 34.4 Å². The Balaban J connectivity index is 2.20. The molecule has 0 spiro atoms. The molecular formula is C12H17N3S3. The molecular weight excluding hydrogens is 282 g/mol. The average Bonchev–Trinajstić information content (AvgIpc) is 2.94. The maximum absolute atomic E-state index is 6.26. The molecule has 2 unspecified atom stereocenters. The molecule has 6 heteroatoms. The van der Waals surface area contributed by atoms with Crippen LogP contribution in [-0.2, 0) is 0 Å². The number of aromatic nitrogens is 2. The lowest BCUT2D eigenvalue weighted by Crippen LogP contribution is -2.25. The van der Waals surface area contributed by atoms with Crippen molar-refractivity contribution in [2.75, 3.05) is 0 Å². The van der Waals surface area contributed by atoms with E-state index in [-0.39, 0.29) is 11.3 Å². The van der Waals surface area contributed by atoms with Crippen LogP contribution in [0.3, 0.4) is 0 Å². The van der Waals surface area contributed by atoms with Gasteiger partial charge in [0, 0.05) is 15.8 Å². The third kappa shape index (κ3) is 3.32. The second-order valence-corrected chi connectivity index (χ2v) is 8.04. The van der Waals surface area contributed by atoms with Gasteiger partial charge in [-0.15, -0.1) is 21.5 Å². The van der Waals surface area contributed by atoms with E-state index in [0.29, 0.717) is 0 Å². The normalized spacial score (nSPS) is 14.7. The summed E-state index contributed by atoms with van der Waals surface area (Å²) in [6.45, 7) is 6.23. The van der Waals surface area contributed by atoms with Crippen LogP contribution in [0.15, 0.2) is 16.5 Å². The maximum Gasteiger partial charge on any atom is 0.174 e. The van der Waals surface area contributed by atoms with E-state index < -0.39 is 0 Å². The van der Waals surface area contributed by atoms with Crippen molar-refractivity contribution in [1.29, 1.82) is 0 Å². The highest BCUT2D eigenvalue weighted by molar-refractivity contribution is 8.01. The van der Waals surface area contributed by atoms with Gasteiger partial charge in [0.2, 0.25) is 0 Å². The number of thioether (sulfide) groups is 1. The SMILES string of the molecule is CCC(N)C(Sc1nnc(C)s1)c1ccc(C)s1. The quantitative estimate of drug-likeness (QED) is 0.854. The fourth-order valence-corrected chi connectivity index (χ4v) is 4.98. The Morgan fingerprint density at radius 2 is 2.06 bits per heavy atom. The molecule has 0 aliphatic rings. The van der Waals surface area contributed by atoms with Crippen LogP contribution in [0.25, 0.3) is 0 Å². The van der Waals surface area contributed by atoms with Gasteiger partial charge in [-0.1, -0.05) is 30.0 Å². The van der Waals surface area contributed by atoms with Gasteiger partial charge < -0.3 is 5.73 Å². The molecule has 18 heavy (non-hydrogen) atoms. The second-order valence-electron chi connectivity index (χ2n) is 4.15. The van der Waals surface area contributed by atoms with E-state index in [4.69, 9.17) is 5.73 Å². The van der Waals surface area contributed by atoms with E-state index in [1.54, 1.807) is 23.1 Å². The maximum atomic E-state index is 6.26. The van der Waals surface area contributed by atoms with E-state index in [2.05, 4.69) is 36.2 Å². The van der Waals surface area contributed by atoms with Crippen LogP contribution in [0.1, 0.15) is 33.4 Å². The summed E-state index contributed by atoms with van der Waals surface area (Å²) in [6.07, 6.45) is 0.965. The molecule has 2 atom stereocenters. The highest BCUT2D eigenvalue weighted by atomic mass is 32.2. The fraction of sp³-hybridized carbons (Fsp3) is 0.500. The minimum absolute atomic E-state index is 0.150. The first-order valence-corrected chi connectivity index (χ1v) is 8.40. The van der Waals surface area contributed by atoms with Crippen molar-refractivity contribution in [3.05, 3.63) is 26.9 Å². The van der Waals surface area contributed by atoms with Crippen LogP contribution in [0, 0.1) is 13.8 Å². The summed E-state index contributed by atoms with van der Waals surface area (Å²) in [6, 6.07) is 4.49. The predicted octanol–water partition coefficient (Wildman–Crippen LogP) is 3.79. The first-order valence-electron chi connectivity index (χ1n) is 5.88. The molecule has 0 amide bonds. The topological polar surface area (TPSA) is 51.8 Å². The lowest BCUT2D eigenvalue weighted by Gasteiger charge is -2.19. The predicted molar refractivity (Wildman–Crippen MR) is 80.6 cm³/mol. The zero-order valence-electron chi connectivity index (χ0n) is 10.7. The second kappa shape index (κ2) is 6.14. The summed E-state index contributed by atoms with van der Waals surface area (Å²) < 4.78 is 1.01. The molecule has 0 fully saturated rings. The first-order chi connectivity index (χ1) is 8.60. The Hall–Kier alpha value is -0.430. The minimum atomic E-state index is 0.150. The zero-order chi connectivity index (χ0) is 13.1. The Morgan fingerprint density at radius 1 is 1.28 bits per heavy atom. The lowest BCUT2D eigenvalue weighted by molar-refractivity contribution is 0.639. The summed E-state index contributed by atoms with van der Waals surface area (Å²) in [4.78, 5) is 2.66. The van der Waals surface area contributed by atoms with Crippen molar-refractivity contribution in [2.45, 2.75) is 42.8 Å². The van der Waals surface area contributed by atoms with Gasteiger partial charge in [0.25, 0.3) is 0 Å². The molecule has 2 aromatic heterocycles. The summed E-state index contributed by atoms with van der Waals surface area (Å²) in [5.74, 6) is 0. The highest BCUT2D eigenvalue weighted by Gasteiger charge is 2.23. The Kier molecular flexibility index (Phi) is 4.77. The number of thiophene rings is 1. The molecule has 0 saturated carbocycles. The van der Waals surface area contributed by atoms with Crippen molar-refractivity contribution in [2.24, 2.45) is 5.73 Å². The van der Waals surface area contributed by atoms with Crippen LogP contribution in [0.5, 0.6) is 0 Å². The lowest BCUT2D eigenvalue weighted by atomic mass is 10.1. The first kappa shape index (κ1) is 14.0. The van der Waals surface area contributed by atoms with Gasteiger partial charge >= 0.3 is 0 Å². The van der Waals surface area contributed by atoms with Crippen LogP contribution >= 0.6 is 34.4 Å². The van der Waals surface area contributed by atoms with Crippen LogP contribution in [-0.4, -0.2) is 16.2 Å². The van der Waals surface area contributed by atoms with E-state index in [1.807, 2.05) is 18.3 Å². The monoisotopic (exact) mass is 299 g/mol. The third-order valence-electron chi connectivity index (χ3n) is 2.64. The fourth-order valence-electron chi connectivity index (χ4n) is 1.61. The molecule has 2 N–H and O–H groups in total. The number of hydrogen-bond acceptors (Lipinski definition) is 6. The molecule has 3 nitrogen and oxygen atoms in total. The Morgan fingerprint density at radius 3 is 2.56 bits per heavy atom. The Bertz CT molecular complexity index is 506. The number of hydrogen-bond donors (Lipinski definition) is 1. The molecule has 2 heterocycles. The van der Waals surface area contributed by atoms with Gasteiger partial charge in [-0.2, -0.15) is 0 Å². The number of rotatable bonds is 5. The van der Waals surface area contributed by atoms with Crippen LogP contribution in [0.4, 0.5) is 0 Å². The molecule has 0 aromatic carbocycles. The van der Waals surface area contributed by atoms with Crippen molar-refractivity contribution in [1.82, 2.24) is 10.2 Å². The van der Waals surface area contributed by atoms with E-state index in [1.165, 1.54) is 9.75 Å². The van der Waals surface area contributed by atoms with Gasteiger partial charge in [-0.05, 0) is 32.4 Å². The average molecular weight is 299 g/mol. The summed E-state index contributed by atoms with van der Waals surface area (Å²) in [5.41, 5.74) is 6.26. The van der Waals surface area contributed by atoms with Crippen molar-refractivity contribution in [3.63, 3.8) is 0 Å². The standard InChI is InChI=1S/C12H17N3S3/c1-4-9(13)11(10-6-5-7(2)16-10)18-12-15-14-8(3)17-12/h5-6,9,11H,4,13H2,1-3H3. The number of nitrogens with zero attached hydrogens (tertiary/aromatic N) is 2. The van der Waals surface area contributed by atoms with E-state index in [0.717, 1.165) is 15.8 Å². The van der Waals surface area contributed by atoms with Crippen LogP contribution in [0.2, 0.25) is 0 Å². The van der Waals surface area contributed by atoms with Crippen LogP contribution < -0.4 is 5.73 Å². The molecule has 98 valence electrons. The molecule has 0 bridgehead atoms. The minimum Gasteiger partial charge on any atom is -0.326 e. The Labute approximate surface area is 120 Å². The zero-order valence-corrected chi connectivity index (χ0v) is 13.2. The van der Waals surface area contributed by atoms with E-state index >= 15 is 0 Å². The third-order valence-corrected chi connectivity index (χ3v) is 6.18. The largest absolute Gasteiger partial charge is 0.326 e. The number of aryl methyl sites for hydroxylation is 2. The smallest absolute Gasteiger partial charge is 0.174 e. The summed E-state index contributed by atoms with van der Waals surface area (Å²) in [7, 11) is 0. The molecule has 0 aliphatic carbocycles. The summed E-state index contributed by atoms with van der Waals surface area (Å²) >= 11 is 5.20. The van der Waals surface area contributed by atoms with Gasteiger partial charge in [-0.25, -0.2) is 0 Å². The van der Waals surface area contributed by atoms with Crippen molar-refractivity contribution in [3.8, 4) is 0 Å². The van der Waals surface area contributed by atoms with Gasteiger partial charge in [0.05, 0.1) is 5.25 Å².